The monoisotopic (exact) mass is 797 g/mol. The zero-order chi connectivity index (χ0) is 40.3. The molecule has 61 heavy (non-hydrogen) atoms. The van der Waals surface area contributed by atoms with Crippen LogP contribution in [-0.4, -0.2) is 18.3 Å². The van der Waals surface area contributed by atoms with Gasteiger partial charge in [0.25, 0.3) is 0 Å². The molecule has 5 nitrogen and oxygen atoms in total. The van der Waals surface area contributed by atoms with Gasteiger partial charge < -0.3 is 4.90 Å². The van der Waals surface area contributed by atoms with Gasteiger partial charge in [0.15, 0.2) is 0 Å². The third kappa shape index (κ3) is 5.72. The summed E-state index contributed by atoms with van der Waals surface area (Å²) >= 11 is 1.27. The van der Waals surface area contributed by atoms with E-state index in [0.29, 0.717) is 0 Å². The number of benzene rings is 10. The lowest BCUT2D eigenvalue weighted by Crippen LogP contribution is -2.09. The molecule has 2 aromatic heterocycles. The van der Waals surface area contributed by atoms with Crippen molar-refractivity contribution in [2.45, 2.75) is 0 Å². The number of para-hydroxylation sites is 3. The third-order valence-electron chi connectivity index (χ3n) is 11.8. The summed E-state index contributed by atoms with van der Waals surface area (Å²) < 4.78 is 12.3. The van der Waals surface area contributed by atoms with Crippen molar-refractivity contribution in [1.82, 2.24) is 18.3 Å². The highest BCUT2D eigenvalue weighted by atomic mass is 32.1. The van der Waals surface area contributed by atoms with Gasteiger partial charge in [0, 0.05) is 50.2 Å². The van der Waals surface area contributed by atoms with Crippen molar-refractivity contribution in [3.63, 3.8) is 0 Å². The number of hydrogen-bond donors (Lipinski definition) is 0. The topological polar surface area (TPSA) is 46.8 Å². The maximum absolute atomic E-state index is 5.47. The largest absolute Gasteiger partial charge is 0.311 e. The lowest BCUT2D eigenvalue weighted by atomic mass is 9.90. The van der Waals surface area contributed by atoms with Crippen LogP contribution in [0.3, 0.4) is 0 Å². The summed E-state index contributed by atoms with van der Waals surface area (Å²) in [6.07, 6.45) is 0. The molecule has 0 amide bonds. The molecule has 0 saturated heterocycles. The van der Waals surface area contributed by atoms with E-state index in [9.17, 15) is 0 Å². The van der Waals surface area contributed by atoms with Gasteiger partial charge in [0.1, 0.15) is 16.9 Å². The maximum Gasteiger partial charge on any atom is 0.145 e. The number of anilines is 3. The van der Waals surface area contributed by atoms with E-state index in [1.165, 1.54) is 27.9 Å². The van der Waals surface area contributed by atoms with Gasteiger partial charge in [-0.2, -0.15) is 8.75 Å². The van der Waals surface area contributed by atoms with E-state index >= 15 is 0 Å². The molecule has 0 bridgehead atoms. The number of nitrogens with zero attached hydrogens (tertiary/aromatic N) is 5. The molecule has 0 aliphatic carbocycles. The second-order valence-corrected chi connectivity index (χ2v) is 15.8. The van der Waals surface area contributed by atoms with Crippen LogP contribution in [0, 0.1) is 0 Å². The fourth-order valence-electron chi connectivity index (χ4n) is 9.17. The molecule has 6 heteroatoms. The second kappa shape index (κ2) is 14.4. The summed E-state index contributed by atoms with van der Waals surface area (Å²) in [5, 5.41) is 7.03. The minimum absolute atomic E-state index is 0.900. The van der Waals surface area contributed by atoms with Gasteiger partial charge in [-0.1, -0.05) is 164 Å². The van der Waals surface area contributed by atoms with E-state index in [-0.39, 0.29) is 0 Å². The van der Waals surface area contributed by atoms with Crippen LogP contribution in [0.15, 0.2) is 212 Å². The smallest absolute Gasteiger partial charge is 0.145 e. The van der Waals surface area contributed by atoms with E-state index in [1.54, 1.807) is 0 Å². The van der Waals surface area contributed by atoms with Crippen molar-refractivity contribution >= 4 is 83.2 Å². The minimum atomic E-state index is 0.900. The first-order chi connectivity index (χ1) is 30.3. The van der Waals surface area contributed by atoms with Gasteiger partial charge in [0.2, 0.25) is 0 Å². The Morgan fingerprint density at radius 3 is 1.31 bits per heavy atom. The first-order valence-electron chi connectivity index (χ1n) is 20.5. The number of fused-ring (bicyclic) bond motifs is 8. The lowest BCUT2D eigenvalue weighted by molar-refractivity contribution is 1.11. The summed E-state index contributed by atoms with van der Waals surface area (Å²) in [5.41, 5.74) is 13.7. The van der Waals surface area contributed by atoms with Gasteiger partial charge in [-0.05, 0) is 81.2 Å². The zero-order valence-corrected chi connectivity index (χ0v) is 33.7. The molecular formula is C55H35N5S. The van der Waals surface area contributed by atoms with Crippen molar-refractivity contribution in [3.05, 3.63) is 212 Å². The van der Waals surface area contributed by atoms with Gasteiger partial charge in [-0.15, -0.1) is 0 Å². The molecule has 12 aromatic rings. The molecule has 12 rings (SSSR count). The van der Waals surface area contributed by atoms with Crippen LogP contribution in [0.1, 0.15) is 0 Å². The van der Waals surface area contributed by atoms with Crippen LogP contribution in [-0.2, 0) is 0 Å². The summed E-state index contributed by atoms with van der Waals surface area (Å²) in [4.78, 5) is 7.75. The molecule has 0 unspecified atom stereocenters. The summed E-state index contributed by atoms with van der Waals surface area (Å²) in [6, 6.07) is 75.3. The minimum Gasteiger partial charge on any atom is -0.311 e. The van der Waals surface area contributed by atoms with Crippen LogP contribution in [0.2, 0.25) is 0 Å². The average Bonchev–Trinajstić information content (AvgIpc) is 3.99. The van der Waals surface area contributed by atoms with Gasteiger partial charge in [-0.25, -0.2) is 4.98 Å². The molecule has 0 spiro atoms. The summed E-state index contributed by atoms with van der Waals surface area (Å²) in [5.74, 6) is 0.900. The Kier molecular flexibility index (Phi) is 8.28. The SMILES string of the molecule is c1ccc(N(c2ccccc2)c2ccc(-c3c4ccccc4c(-c4ccc(-c5nc6c7ccccc7c7ccccc7c6n5-c5ccccc5)cc4)c4nsnc34)cc2)cc1. The van der Waals surface area contributed by atoms with Crippen molar-refractivity contribution < 1.29 is 0 Å². The number of hydrogen-bond acceptors (Lipinski definition) is 5. The van der Waals surface area contributed by atoms with E-state index < -0.39 is 0 Å². The molecule has 0 atom stereocenters. The van der Waals surface area contributed by atoms with Crippen LogP contribution in [0.4, 0.5) is 17.1 Å². The predicted octanol–water partition coefficient (Wildman–Crippen LogP) is 15.0. The first-order valence-corrected chi connectivity index (χ1v) is 21.2. The number of imidazole rings is 1. The fraction of sp³-hybridized carbons (Fsp3) is 0. The molecule has 0 radical (unpaired) electrons. The van der Waals surface area contributed by atoms with Crippen molar-refractivity contribution in [3.8, 4) is 39.3 Å². The molecule has 10 aromatic carbocycles. The Labute approximate surface area is 356 Å². The number of rotatable bonds is 7. The van der Waals surface area contributed by atoms with Gasteiger partial charge in [0.05, 0.1) is 22.8 Å². The van der Waals surface area contributed by atoms with Crippen LogP contribution < -0.4 is 4.90 Å². The van der Waals surface area contributed by atoms with Gasteiger partial charge in [-0.3, -0.25) is 4.57 Å². The average molecular weight is 798 g/mol. The lowest BCUT2D eigenvalue weighted by Gasteiger charge is -2.25. The molecule has 0 N–H and O–H groups in total. The van der Waals surface area contributed by atoms with E-state index in [2.05, 4.69) is 222 Å². The van der Waals surface area contributed by atoms with Crippen LogP contribution in [0.5, 0.6) is 0 Å². The Balaban J connectivity index is 0.998. The third-order valence-corrected chi connectivity index (χ3v) is 12.4. The summed E-state index contributed by atoms with van der Waals surface area (Å²) in [7, 11) is 0. The highest BCUT2D eigenvalue weighted by Crippen LogP contribution is 2.45. The molecule has 0 fully saturated rings. The molecule has 286 valence electrons. The highest BCUT2D eigenvalue weighted by molar-refractivity contribution is 7.00. The molecule has 0 aliphatic heterocycles. The van der Waals surface area contributed by atoms with Crippen LogP contribution >= 0.6 is 11.7 Å². The Morgan fingerprint density at radius 2 is 0.754 bits per heavy atom. The first kappa shape index (κ1) is 35.1. The predicted molar refractivity (Wildman–Crippen MR) is 256 cm³/mol. The van der Waals surface area contributed by atoms with Crippen LogP contribution in [0.25, 0.3) is 93.7 Å². The molecule has 2 heterocycles. The standard InChI is InChI=1S/C55H35N5S/c1-4-16-39(17-5-1)59(40-18-6-2-7-19-40)42-34-32-37(33-35-42)50-46-25-13-12-24-45(46)49(52-53(50)58-61-57-52)36-28-30-38(31-29-36)55-56-51-47-26-14-10-22-43(47)44-23-11-15-27-48(44)54(51)60(55)41-20-8-3-9-21-41/h1-35H. The van der Waals surface area contributed by atoms with Crippen molar-refractivity contribution in [2.75, 3.05) is 4.90 Å². The highest BCUT2D eigenvalue weighted by Gasteiger charge is 2.23. The molecular weight excluding hydrogens is 763 g/mol. The maximum atomic E-state index is 5.47. The quantitative estimate of drug-likeness (QED) is 0.151. The van der Waals surface area contributed by atoms with E-state index in [4.69, 9.17) is 13.7 Å². The van der Waals surface area contributed by atoms with Crippen molar-refractivity contribution in [1.29, 1.82) is 0 Å². The van der Waals surface area contributed by atoms with Gasteiger partial charge >= 0.3 is 0 Å². The number of aromatic nitrogens is 4. The summed E-state index contributed by atoms with van der Waals surface area (Å²) in [6.45, 7) is 0. The fourth-order valence-corrected chi connectivity index (χ4v) is 9.73. The van der Waals surface area contributed by atoms with E-state index in [0.717, 1.165) is 94.6 Å². The Bertz CT molecular complexity index is 3520. The molecule has 0 aliphatic rings. The van der Waals surface area contributed by atoms with E-state index in [1.807, 2.05) is 0 Å². The zero-order valence-electron chi connectivity index (χ0n) is 32.9. The Morgan fingerprint density at radius 1 is 0.344 bits per heavy atom. The molecule has 0 saturated carbocycles. The second-order valence-electron chi connectivity index (χ2n) is 15.3. The Hall–Kier alpha value is -7.93. The normalized spacial score (nSPS) is 11.6. The van der Waals surface area contributed by atoms with Crippen molar-refractivity contribution in [2.24, 2.45) is 0 Å².